The Morgan fingerprint density at radius 3 is 3.18 bits per heavy atom. The number of nitrogens with zero attached hydrogens (tertiary/aromatic N) is 1. The minimum Gasteiger partial charge on any atom is -0.411 e. The second-order valence-corrected chi connectivity index (χ2v) is 2.90. The van der Waals surface area contributed by atoms with Crippen LogP contribution in [0.25, 0.3) is 0 Å². The third-order valence-corrected chi connectivity index (χ3v) is 1.96. The van der Waals surface area contributed by atoms with Crippen LogP contribution in [-0.4, -0.2) is 23.6 Å². The molecule has 1 aliphatic heterocycles. The monoisotopic (exact) mass is 157 g/mol. The van der Waals surface area contributed by atoms with E-state index in [0.717, 1.165) is 31.4 Å². The van der Waals surface area contributed by atoms with Gasteiger partial charge in [-0.15, -0.1) is 0 Å². The summed E-state index contributed by atoms with van der Waals surface area (Å²) in [5, 5.41) is 11.7. The summed E-state index contributed by atoms with van der Waals surface area (Å²) in [6.07, 6.45) is 4.09. The smallest absolute Gasteiger partial charge is 0.0628 e. The van der Waals surface area contributed by atoms with Crippen LogP contribution in [0.2, 0.25) is 0 Å². The molecule has 3 nitrogen and oxygen atoms in total. The lowest BCUT2D eigenvalue weighted by Gasteiger charge is -2.22. The van der Waals surface area contributed by atoms with E-state index in [2.05, 4.69) is 12.1 Å². The minimum absolute atomic E-state index is 0.291. The predicted molar refractivity (Wildman–Crippen MR) is 43.1 cm³/mol. The van der Waals surface area contributed by atoms with Crippen molar-refractivity contribution in [1.82, 2.24) is 0 Å². The van der Waals surface area contributed by atoms with Crippen LogP contribution in [0.4, 0.5) is 0 Å². The summed E-state index contributed by atoms with van der Waals surface area (Å²) in [4.78, 5) is 0. The third-order valence-electron chi connectivity index (χ3n) is 1.96. The molecular formula is C8H15NO2. The summed E-state index contributed by atoms with van der Waals surface area (Å²) in [7, 11) is 0. The molecule has 0 aromatic carbocycles. The van der Waals surface area contributed by atoms with Crippen molar-refractivity contribution in [3.8, 4) is 0 Å². The Hall–Kier alpha value is -0.570. The molecule has 1 N–H and O–H groups in total. The second-order valence-electron chi connectivity index (χ2n) is 2.90. The summed E-state index contributed by atoms with van der Waals surface area (Å²) in [6.45, 7) is 2.85. The third kappa shape index (κ3) is 2.50. The van der Waals surface area contributed by atoms with Crippen LogP contribution in [0.3, 0.4) is 0 Å². The standard InChI is InChI=1S/C8H15NO2/c1-2-3-8-6-7(9-10)4-5-11-8/h8,10H,2-6H2,1H3/b9-7-. The molecule has 0 radical (unpaired) electrons. The Labute approximate surface area is 67.0 Å². The Morgan fingerprint density at radius 2 is 2.55 bits per heavy atom. The highest BCUT2D eigenvalue weighted by Crippen LogP contribution is 2.14. The maximum atomic E-state index is 8.51. The zero-order chi connectivity index (χ0) is 8.10. The predicted octanol–water partition coefficient (Wildman–Crippen LogP) is 1.80. The van der Waals surface area contributed by atoms with Gasteiger partial charge in [-0.1, -0.05) is 18.5 Å². The molecule has 0 bridgehead atoms. The molecule has 64 valence electrons. The van der Waals surface area contributed by atoms with Gasteiger partial charge in [-0.2, -0.15) is 0 Å². The van der Waals surface area contributed by atoms with Gasteiger partial charge in [0.05, 0.1) is 18.4 Å². The van der Waals surface area contributed by atoms with Crippen molar-refractivity contribution in [1.29, 1.82) is 0 Å². The lowest BCUT2D eigenvalue weighted by molar-refractivity contribution is 0.0428. The van der Waals surface area contributed by atoms with Crippen LogP contribution in [0.1, 0.15) is 32.6 Å². The fourth-order valence-electron chi connectivity index (χ4n) is 1.37. The molecule has 1 fully saturated rings. The molecule has 1 unspecified atom stereocenters. The number of hydrogen-bond donors (Lipinski definition) is 1. The van der Waals surface area contributed by atoms with Crippen LogP contribution >= 0.6 is 0 Å². The van der Waals surface area contributed by atoms with Crippen LogP contribution in [0.15, 0.2) is 5.16 Å². The molecule has 11 heavy (non-hydrogen) atoms. The van der Waals surface area contributed by atoms with Crippen molar-refractivity contribution < 1.29 is 9.94 Å². The highest BCUT2D eigenvalue weighted by atomic mass is 16.5. The lowest BCUT2D eigenvalue weighted by Crippen LogP contribution is -2.25. The Kier molecular flexibility index (Phi) is 3.36. The quantitative estimate of drug-likeness (QED) is 0.490. The summed E-state index contributed by atoms with van der Waals surface area (Å²) < 4.78 is 5.46. The van der Waals surface area contributed by atoms with E-state index in [0.29, 0.717) is 12.7 Å². The number of oxime groups is 1. The molecule has 0 aliphatic carbocycles. The average Bonchev–Trinajstić information content (AvgIpc) is 2.06. The van der Waals surface area contributed by atoms with Gasteiger partial charge < -0.3 is 9.94 Å². The molecule has 1 heterocycles. The molecule has 0 aromatic heterocycles. The Bertz CT molecular complexity index is 143. The van der Waals surface area contributed by atoms with Crippen molar-refractivity contribution in [3.63, 3.8) is 0 Å². The van der Waals surface area contributed by atoms with Gasteiger partial charge in [0.25, 0.3) is 0 Å². The first kappa shape index (κ1) is 8.53. The minimum atomic E-state index is 0.291. The van der Waals surface area contributed by atoms with E-state index in [9.17, 15) is 0 Å². The fraction of sp³-hybridized carbons (Fsp3) is 0.875. The highest BCUT2D eigenvalue weighted by molar-refractivity contribution is 5.84. The van der Waals surface area contributed by atoms with Crippen molar-refractivity contribution in [2.24, 2.45) is 5.16 Å². The van der Waals surface area contributed by atoms with Crippen LogP contribution < -0.4 is 0 Å². The van der Waals surface area contributed by atoms with E-state index < -0.39 is 0 Å². The van der Waals surface area contributed by atoms with Gasteiger partial charge in [0.1, 0.15) is 0 Å². The molecule has 0 amide bonds. The van der Waals surface area contributed by atoms with E-state index >= 15 is 0 Å². The van der Waals surface area contributed by atoms with Crippen LogP contribution in [0, 0.1) is 0 Å². The van der Waals surface area contributed by atoms with Crippen molar-refractivity contribution in [3.05, 3.63) is 0 Å². The topological polar surface area (TPSA) is 41.8 Å². The number of ether oxygens (including phenoxy) is 1. The first-order valence-corrected chi connectivity index (χ1v) is 4.18. The molecule has 0 spiro atoms. The molecular weight excluding hydrogens is 142 g/mol. The molecule has 0 saturated carbocycles. The summed E-state index contributed by atoms with van der Waals surface area (Å²) in [5.41, 5.74) is 0.884. The van der Waals surface area contributed by atoms with Gasteiger partial charge in [-0.05, 0) is 6.42 Å². The van der Waals surface area contributed by atoms with E-state index in [1.807, 2.05) is 0 Å². The van der Waals surface area contributed by atoms with Gasteiger partial charge in [0.15, 0.2) is 0 Å². The number of hydrogen-bond acceptors (Lipinski definition) is 3. The zero-order valence-corrected chi connectivity index (χ0v) is 6.92. The molecule has 1 rings (SSSR count). The largest absolute Gasteiger partial charge is 0.411 e. The highest BCUT2D eigenvalue weighted by Gasteiger charge is 2.17. The van der Waals surface area contributed by atoms with E-state index in [-0.39, 0.29) is 0 Å². The van der Waals surface area contributed by atoms with Gasteiger partial charge in [-0.25, -0.2) is 0 Å². The van der Waals surface area contributed by atoms with Gasteiger partial charge in [0, 0.05) is 12.8 Å². The van der Waals surface area contributed by atoms with Crippen LogP contribution in [0.5, 0.6) is 0 Å². The maximum Gasteiger partial charge on any atom is 0.0628 e. The van der Waals surface area contributed by atoms with Crippen molar-refractivity contribution in [2.45, 2.75) is 38.7 Å². The van der Waals surface area contributed by atoms with Gasteiger partial charge in [-0.3, -0.25) is 0 Å². The maximum absolute atomic E-state index is 8.51. The molecule has 1 atom stereocenters. The molecule has 0 aromatic rings. The first-order chi connectivity index (χ1) is 5.36. The van der Waals surface area contributed by atoms with Crippen molar-refractivity contribution >= 4 is 5.71 Å². The number of rotatable bonds is 2. The summed E-state index contributed by atoms with van der Waals surface area (Å²) >= 11 is 0. The fourth-order valence-corrected chi connectivity index (χ4v) is 1.37. The molecule has 3 heteroatoms. The zero-order valence-electron chi connectivity index (χ0n) is 6.92. The van der Waals surface area contributed by atoms with E-state index in [1.165, 1.54) is 0 Å². The van der Waals surface area contributed by atoms with E-state index in [1.54, 1.807) is 0 Å². The first-order valence-electron chi connectivity index (χ1n) is 4.18. The van der Waals surface area contributed by atoms with E-state index in [4.69, 9.17) is 9.94 Å². The second kappa shape index (κ2) is 4.34. The summed E-state index contributed by atoms with van der Waals surface area (Å²) in [5.74, 6) is 0. The SMILES string of the molecule is CCCC1C/C(=N\O)CCO1. The van der Waals surface area contributed by atoms with Crippen molar-refractivity contribution in [2.75, 3.05) is 6.61 Å². The molecule has 1 saturated heterocycles. The average molecular weight is 157 g/mol. The van der Waals surface area contributed by atoms with Gasteiger partial charge >= 0.3 is 0 Å². The van der Waals surface area contributed by atoms with Gasteiger partial charge in [0.2, 0.25) is 0 Å². The lowest BCUT2D eigenvalue weighted by atomic mass is 10.0. The summed E-state index contributed by atoms with van der Waals surface area (Å²) in [6, 6.07) is 0. The van der Waals surface area contributed by atoms with Crippen LogP contribution in [-0.2, 0) is 4.74 Å². The molecule has 1 aliphatic rings. The Morgan fingerprint density at radius 1 is 1.73 bits per heavy atom. The Balaban J connectivity index is 2.33. The normalized spacial score (nSPS) is 29.2.